The van der Waals surface area contributed by atoms with Crippen molar-refractivity contribution in [1.82, 2.24) is 10.6 Å². The van der Waals surface area contributed by atoms with Crippen molar-refractivity contribution in [2.45, 2.75) is 70.4 Å². The first-order chi connectivity index (χ1) is 9.29. The van der Waals surface area contributed by atoms with Gasteiger partial charge in [0, 0.05) is 18.7 Å². The molecule has 0 aromatic carbocycles. The summed E-state index contributed by atoms with van der Waals surface area (Å²) in [5.74, 6) is 1.24. The van der Waals surface area contributed by atoms with E-state index in [-0.39, 0.29) is 0 Å². The molecule has 3 heteroatoms. The molecule has 112 valence electrons. The normalized spacial score (nSPS) is 34.1. The molecule has 0 spiro atoms. The van der Waals surface area contributed by atoms with E-state index in [1.807, 2.05) is 0 Å². The van der Waals surface area contributed by atoms with Gasteiger partial charge in [0.2, 0.25) is 0 Å². The molecule has 1 aliphatic heterocycles. The number of nitrogens with one attached hydrogen (secondary N) is 2. The Morgan fingerprint density at radius 3 is 2.53 bits per heavy atom. The molecule has 1 saturated heterocycles. The van der Waals surface area contributed by atoms with Gasteiger partial charge in [-0.3, -0.25) is 0 Å². The van der Waals surface area contributed by atoms with Crippen molar-refractivity contribution < 1.29 is 5.11 Å². The minimum absolute atomic E-state index is 0.380. The Morgan fingerprint density at radius 1 is 1.11 bits per heavy atom. The molecule has 0 bridgehead atoms. The summed E-state index contributed by atoms with van der Waals surface area (Å²) >= 11 is 0. The SMILES string of the molecule is CC(CC1CCCCN1)NCC1CCCCC1CO. The Morgan fingerprint density at radius 2 is 1.84 bits per heavy atom. The van der Waals surface area contributed by atoms with E-state index < -0.39 is 0 Å². The number of hydrogen-bond acceptors (Lipinski definition) is 3. The minimum atomic E-state index is 0.380. The molecule has 0 aromatic heterocycles. The predicted octanol–water partition coefficient (Wildman–Crippen LogP) is 2.30. The highest BCUT2D eigenvalue weighted by Gasteiger charge is 2.25. The van der Waals surface area contributed by atoms with Gasteiger partial charge in [-0.1, -0.05) is 19.3 Å². The monoisotopic (exact) mass is 268 g/mol. The average Bonchev–Trinajstić information content (AvgIpc) is 2.46. The third-order valence-corrected chi connectivity index (χ3v) is 5.08. The molecule has 3 nitrogen and oxygen atoms in total. The topological polar surface area (TPSA) is 44.3 Å². The lowest BCUT2D eigenvalue weighted by atomic mass is 9.79. The Labute approximate surface area is 118 Å². The number of piperidine rings is 1. The van der Waals surface area contributed by atoms with Gasteiger partial charge in [0.1, 0.15) is 0 Å². The molecule has 19 heavy (non-hydrogen) atoms. The third kappa shape index (κ3) is 5.05. The van der Waals surface area contributed by atoms with Crippen LogP contribution < -0.4 is 10.6 Å². The van der Waals surface area contributed by atoms with Crippen molar-refractivity contribution in [3.63, 3.8) is 0 Å². The average molecular weight is 268 g/mol. The Balaban J connectivity index is 1.65. The van der Waals surface area contributed by atoms with E-state index >= 15 is 0 Å². The lowest BCUT2D eigenvalue weighted by Crippen LogP contribution is -2.42. The Kier molecular flexibility index (Phi) is 6.62. The zero-order chi connectivity index (χ0) is 13.5. The molecule has 0 amide bonds. The standard InChI is InChI=1S/C16H32N2O/c1-13(10-16-8-4-5-9-17-16)18-11-14-6-2-3-7-15(14)12-19/h13-19H,2-12H2,1H3. The molecule has 4 atom stereocenters. The van der Waals surface area contributed by atoms with Gasteiger partial charge in [0.05, 0.1) is 0 Å². The lowest BCUT2D eigenvalue weighted by Gasteiger charge is -2.32. The fourth-order valence-electron chi connectivity index (χ4n) is 3.78. The van der Waals surface area contributed by atoms with Crippen molar-refractivity contribution in [3.05, 3.63) is 0 Å². The van der Waals surface area contributed by atoms with Gasteiger partial charge in [-0.15, -0.1) is 0 Å². The molecule has 0 aromatic rings. The molecule has 4 unspecified atom stereocenters. The maximum atomic E-state index is 9.45. The van der Waals surface area contributed by atoms with Crippen molar-refractivity contribution in [1.29, 1.82) is 0 Å². The molecule has 3 N–H and O–H groups in total. The number of aliphatic hydroxyl groups excluding tert-OH is 1. The van der Waals surface area contributed by atoms with Crippen LogP contribution in [-0.2, 0) is 0 Å². The molecular weight excluding hydrogens is 236 g/mol. The molecule has 2 aliphatic rings. The fourth-order valence-corrected chi connectivity index (χ4v) is 3.78. The van der Waals surface area contributed by atoms with E-state index in [0.29, 0.717) is 24.5 Å². The maximum absolute atomic E-state index is 9.45. The van der Waals surface area contributed by atoms with Crippen LogP contribution in [0.25, 0.3) is 0 Å². The van der Waals surface area contributed by atoms with Crippen LogP contribution >= 0.6 is 0 Å². The van der Waals surface area contributed by atoms with Crippen LogP contribution in [-0.4, -0.2) is 36.9 Å². The largest absolute Gasteiger partial charge is 0.396 e. The van der Waals surface area contributed by atoms with Gasteiger partial charge in [-0.2, -0.15) is 0 Å². The van der Waals surface area contributed by atoms with Crippen LogP contribution in [0, 0.1) is 11.8 Å². The van der Waals surface area contributed by atoms with Crippen molar-refractivity contribution in [2.24, 2.45) is 11.8 Å². The summed E-state index contributed by atoms with van der Waals surface area (Å²) in [5, 5.41) is 16.8. The van der Waals surface area contributed by atoms with Gasteiger partial charge in [0.25, 0.3) is 0 Å². The van der Waals surface area contributed by atoms with Gasteiger partial charge >= 0.3 is 0 Å². The van der Waals surface area contributed by atoms with Gasteiger partial charge in [-0.25, -0.2) is 0 Å². The quantitative estimate of drug-likeness (QED) is 0.692. The summed E-state index contributed by atoms with van der Waals surface area (Å²) in [6, 6.07) is 1.31. The number of rotatable bonds is 6. The molecule has 1 saturated carbocycles. The Hall–Kier alpha value is -0.120. The second-order valence-electron chi connectivity index (χ2n) is 6.68. The fraction of sp³-hybridized carbons (Fsp3) is 1.00. The zero-order valence-corrected chi connectivity index (χ0v) is 12.5. The predicted molar refractivity (Wildman–Crippen MR) is 80.3 cm³/mol. The Bertz CT molecular complexity index is 241. The van der Waals surface area contributed by atoms with E-state index in [0.717, 1.165) is 12.6 Å². The van der Waals surface area contributed by atoms with E-state index in [4.69, 9.17) is 0 Å². The molecule has 1 heterocycles. The van der Waals surface area contributed by atoms with Crippen LogP contribution in [0.15, 0.2) is 0 Å². The van der Waals surface area contributed by atoms with Crippen LogP contribution in [0.3, 0.4) is 0 Å². The summed E-state index contributed by atoms with van der Waals surface area (Å²) in [5.41, 5.74) is 0. The highest BCUT2D eigenvalue weighted by atomic mass is 16.3. The molecule has 2 rings (SSSR count). The first-order valence-corrected chi connectivity index (χ1v) is 8.37. The summed E-state index contributed by atoms with van der Waals surface area (Å²) < 4.78 is 0. The first-order valence-electron chi connectivity index (χ1n) is 8.37. The second-order valence-corrected chi connectivity index (χ2v) is 6.68. The van der Waals surface area contributed by atoms with Gasteiger partial charge in [-0.05, 0) is 64.0 Å². The number of hydrogen-bond donors (Lipinski definition) is 3. The highest BCUT2D eigenvalue weighted by molar-refractivity contribution is 4.80. The van der Waals surface area contributed by atoms with E-state index in [1.165, 1.54) is 57.9 Å². The van der Waals surface area contributed by atoms with Gasteiger partial charge in [0.15, 0.2) is 0 Å². The lowest BCUT2D eigenvalue weighted by molar-refractivity contribution is 0.130. The molecular formula is C16H32N2O. The summed E-state index contributed by atoms with van der Waals surface area (Å²) in [4.78, 5) is 0. The number of aliphatic hydroxyl groups is 1. The molecule has 1 aliphatic carbocycles. The van der Waals surface area contributed by atoms with Crippen molar-refractivity contribution in [2.75, 3.05) is 19.7 Å². The molecule has 0 radical (unpaired) electrons. The van der Waals surface area contributed by atoms with Crippen molar-refractivity contribution >= 4 is 0 Å². The van der Waals surface area contributed by atoms with Crippen LogP contribution in [0.4, 0.5) is 0 Å². The summed E-state index contributed by atoms with van der Waals surface area (Å²) in [7, 11) is 0. The summed E-state index contributed by atoms with van der Waals surface area (Å²) in [6.45, 7) is 4.99. The van der Waals surface area contributed by atoms with Crippen LogP contribution in [0.2, 0.25) is 0 Å². The van der Waals surface area contributed by atoms with Crippen LogP contribution in [0.1, 0.15) is 58.3 Å². The minimum Gasteiger partial charge on any atom is -0.396 e. The summed E-state index contributed by atoms with van der Waals surface area (Å²) in [6.07, 6.45) is 10.5. The van der Waals surface area contributed by atoms with Gasteiger partial charge < -0.3 is 15.7 Å². The smallest absolute Gasteiger partial charge is 0.0462 e. The second kappa shape index (κ2) is 8.23. The van der Waals surface area contributed by atoms with E-state index in [1.54, 1.807) is 0 Å². The van der Waals surface area contributed by atoms with E-state index in [2.05, 4.69) is 17.6 Å². The highest BCUT2D eigenvalue weighted by Crippen LogP contribution is 2.29. The maximum Gasteiger partial charge on any atom is 0.0462 e. The van der Waals surface area contributed by atoms with E-state index in [9.17, 15) is 5.11 Å². The van der Waals surface area contributed by atoms with Crippen LogP contribution in [0.5, 0.6) is 0 Å². The zero-order valence-electron chi connectivity index (χ0n) is 12.5. The molecule has 2 fully saturated rings. The van der Waals surface area contributed by atoms with Crippen molar-refractivity contribution in [3.8, 4) is 0 Å². The third-order valence-electron chi connectivity index (χ3n) is 5.08. The first kappa shape index (κ1) is 15.3.